The van der Waals surface area contributed by atoms with Gasteiger partial charge in [0, 0.05) is 6.08 Å². The van der Waals surface area contributed by atoms with Crippen molar-refractivity contribution in [1.29, 1.82) is 0 Å². The number of carbonyl (C=O) groups excluding carboxylic acids is 1. The first-order valence-electron chi connectivity index (χ1n) is 8.01. The van der Waals surface area contributed by atoms with E-state index in [-0.39, 0.29) is 16.8 Å². The largest absolute Gasteiger partial charge is 0.466 e. The van der Waals surface area contributed by atoms with Crippen LogP contribution in [0.5, 0.6) is 0 Å². The molecule has 0 bridgehead atoms. The molecule has 0 aromatic heterocycles. The van der Waals surface area contributed by atoms with E-state index in [1.165, 1.54) is 36.6 Å². The molecule has 2 nitrogen and oxygen atoms in total. The highest BCUT2D eigenvalue weighted by Gasteiger charge is 2.37. The van der Waals surface area contributed by atoms with Gasteiger partial charge in [0.25, 0.3) is 0 Å². The minimum Gasteiger partial charge on any atom is -0.466 e. The van der Waals surface area contributed by atoms with Crippen LogP contribution in [0.15, 0.2) is 18.2 Å². The summed E-state index contributed by atoms with van der Waals surface area (Å²) in [6, 6.07) is 4.61. The lowest BCUT2D eigenvalue weighted by atomic mass is 9.62. The highest BCUT2D eigenvalue weighted by atomic mass is 16.5. The zero-order chi connectivity index (χ0) is 16.7. The molecule has 0 radical (unpaired) electrons. The fourth-order valence-corrected chi connectivity index (χ4v) is 3.46. The van der Waals surface area contributed by atoms with Crippen molar-refractivity contribution in [2.45, 2.75) is 65.2 Å². The fraction of sp³-hybridized carbons (Fsp3) is 0.550. The number of hydrogen-bond donors (Lipinski definition) is 0. The maximum absolute atomic E-state index is 11.5. The number of rotatable bonds is 2. The summed E-state index contributed by atoms with van der Waals surface area (Å²) in [6.45, 7) is 13.4. The average Bonchev–Trinajstić information content (AvgIpc) is 2.43. The van der Waals surface area contributed by atoms with Gasteiger partial charge in [-0.05, 0) is 65.3 Å². The van der Waals surface area contributed by atoms with E-state index in [0.29, 0.717) is 0 Å². The quantitative estimate of drug-likeness (QED) is 0.572. The Morgan fingerprint density at radius 2 is 1.59 bits per heavy atom. The molecule has 1 aliphatic carbocycles. The second-order valence-electron chi connectivity index (χ2n) is 7.83. The predicted octanol–water partition coefficient (Wildman–Crippen LogP) is 4.92. The number of benzene rings is 1. The second-order valence-corrected chi connectivity index (χ2v) is 7.83. The van der Waals surface area contributed by atoms with Gasteiger partial charge in [0.1, 0.15) is 0 Å². The van der Waals surface area contributed by atoms with E-state index in [4.69, 9.17) is 4.74 Å². The Hall–Kier alpha value is -1.57. The van der Waals surface area contributed by atoms with Crippen molar-refractivity contribution in [2.75, 3.05) is 7.11 Å². The van der Waals surface area contributed by atoms with E-state index in [2.05, 4.69) is 46.8 Å². The van der Waals surface area contributed by atoms with Gasteiger partial charge in [0.05, 0.1) is 7.11 Å². The van der Waals surface area contributed by atoms with E-state index in [0.717, 1.165) is 11.1 Å². The fourth-order valence-electron chi connectivity index (χ4n) is 3.46. The van der Waals surface area contributed by atoms with Crippen LogP contribution in [0, 0.1) is 6.92 Å². The van der Waals surface area contributed by atoms with Crippen LogP contribution in [0.1, 0.15) is 69.7 Å². The van der Waals surface area contributed by atoms with Gasteiger partial charge in [0.2, 0.25) is 0 Å². The molecular weight excluding hydrogens is 272 g/mol. The van der Waals surface area contributed by atoms with Crippen molar-refractivity contribution in [1.82, 2.24) is 0 Å². The van der Waals surface area contributed by atoms with Crippen LogP contribution in [0.3, 0.4) is 0 Å². The summed E-state index contributed by atoms with van der Waals surface area (Å²) in [6.07, 6.45) is 3.98. The first-order chi connectivity index (χ1) is 10.1. The summed E-state index contributed by atoms with van der Waals surface area (Å²) in [5.41, 5.74) is 6.61. The smallest absolute Gasteiger partial charge is 0.330 e. The molecule has 0 unspecified atom stereocenters. The van der Waals surface area contributed by atoms with Crippen LogP contribution < -0.4 is 0 Å². The molecule has 22 heavy (non-hydrogen) atoms. The van der Waals surface area contributed by atoms with E-state index in [1.54, 1.807) is 6.08 Å². The molecule has 0 amide bonds. The van der Waals surface area contributed by atoms with Crippen molar-refractivity contribution in [3.8, 4) is 0 Å². The number of carbonyl (C=O) groups is 1. The SMILES string of the molecule is COC(=O)/C=C(\C)c1cc2c(cc1C)C(C)(C)CCC2(C)C. The van der Waals surface area contributed by atoms with Crippen molar-refractivity contribution >= 4 is 11.5 Å². The molecule has 0 atom stereocenters. The van der Waals surface area contributed by atoms with Gasteiger partial charge in [-0.1, -0.05) is 39.8 Å². The molecule has 2 heteroatoms. The van der Waals surface area contributed by atoms with Crippen LogP contribution in [-0.2, 0) is 20.4 Å². The highest BCUT2D eigenvalue weighted by Crippen LogP contribution is 2.47. The summed E-state index contributed by atoms with van der Waals surface area (Å²) < 4.78 is 4.75. The lowest BCUT2D eigenvalue weighted by Crippen LogP contribution is -2.34. The van der Waals surface area contributed by atoms with Crippen molar-refractivity contribution in [2.24, 2.45) is 0 Å². The minimum absolute atomic E-state index is 0.179. The minimum atomic E-state index is -0.297. The third-order valence-corrected chi connectivity index (χ3v) is 5.16. The van der Waals surface area contributed by atoms with Gasteiger partial charge in [-0.3, -0.25) is 0 Å². The van der Waals surface area contributed by atoms with Gasteiger partial charge in [-0.15, -0.1) is 0 Å². The molecule has 0 saturated carbocycles. The van der Waals surface area contributed by atoms with Gasteiger partial charge in [-0.25, -0.2) is 4.79 Å². The first kappa shape index (κ1) is 16.8. The molecular formula is C20H28O2. The van der Waals surface area contributed by atoms with Crippen molar-refractivity contribution < 1.29 is 9.53 Å². The van der Waals surface area contributed by atoms with Gasteiger partial charge >= 0.3 is 5.97 Å². The summed E-state index contributed by atoms with van der Waals surface area (Å²) >= 11 is 0. The lowest BCUT2D eigenvalue weighted by Gasteiger charge is -2.42. The van der Waals surface area contributed by atoms with Crippen LogP contribution >= 0.6 is 0 Å². The topological polar surface area (TPSA) is 26.3 Å². The number of fused-ring (bicyclic) bond motifs is 1. The normalized spacial score (nSPS) is 19.5. The van der Waals surface area contributed by atoms with Crippen LogP contribution in [0.25, 0.3) is 5.57 Å². The Morgan fingerprint density at radius 1 is 1.09 bits per heavy atom. The molecule has 0 heterocycles. The van der Waals surface area contributed by atoms with Crippen LogP contribution in [0.2, 0.25) is 0 Å². The van der Waals surface area contributed by atoms with Gasteiger partial charge in [0.15, 0.2) is 0 Å². The van der Waals surface area contributed by atoms with Crippen molar-refractivity contribution in [3.63, 3.8) is 0 Å². The third kappa shape index (κ3) is 2.97. The Morgan fingerprint density at radius 3 is 2.09 bits per heavy atom. The third-order valence-electron chi connectivity index (χ3n) is 5.16. The summed E-state index contributed by atoms with van der Waals surface area (Å²) in [5.74, 6) is -0.297. The molecule has 0 aliphatic heterocycles. The Kier molecular flexibility index (Phi) is 4.25. The Balaban J connectivity index is 2.62. The molecule has 0 fully saturated rings. The first-order valence-corrected chi connectivity index (χ1v) is 8.01. The maximum atomic E-state index is 11.5. The molecule has 1 aromatic carbocycles. The number of ether oxygens (including phenoxy) is 1. The highest BCUT2D eigenvalue weighted by molar-refractivity contribution is 5.91. The van der Waals surface area contributed by atoms with E-state index in [1.807, 2.05) is 6.92 Å². The van der Waals surface area contributed by atoms with E-state index >= 15 is 0 Å². The monoisotopic (exact) mass is 300 g/mol. The number of aryl methyl sites for hydroxylation is 1. The molecule has 2 rings (SSSR count). The molecule has 0 N–H and O–H groups in total. The second kappa shape index (κ2) is 5.57. The lowest BCUT2D eigenvalue weighted by molar-refractivity contribution is -0.134. The molecule has 0 saturated heterocycles. The summed E-state index contributed by atoms with van der Waals surface area (Å²) in [5, 5.41) is 0. The Bertz CT molecular complexity index is 633. The number of hydrogen-bond acceptors (Lipinski definition) is 2. The standard InChI is InChI=1S/C20H28O2/c1-13-10-16-17(20(5,6)9-8-19(16,3)4)12-15(13)14(2)11-18(21)22-7/h10-12H,8-9H2,1-7H3/b14-11+. The molecule has 1 aliphatic rings. The summed E-state index contributed by atoms with van der Waals surface area (Å²) in [7, 11) is 1.41. The van der Waals surface area contributed by atoms with E-state index < -0.39 is 0 Å². The predicted molar refractivity (Wildman–Crippen MR) is 92.1 cm³/mol. The van der Waals surface area contributed by atoms with Gasteiger partial charge in [-0.2, -0.15) is 0 Å². The number of esters is 1. The maximum Gasteiger partial charge on any atom is 0.330 e. The number of methoxy groups -OCH3 is 1. The zero-order valence-electron chi connectivity index (χ0n) is 15.0. The van der Waals surface area contributed by atoms with Crippen molar-refractivity contribution in [3.05, 3.63) is 40.5 Å². The molecule has 120 valence electrons. The summed E-state index contributed by atoms with van der Waals surface area (Å²) in [4.78, 5) is 11.5. The van der Waals surface area contributed by atoms with Crippen LogP contribution in [-0.4, -0.2) is 13.1 Å². The van der Waals surface area contributed by atoms with Crippen LogP contribution in [0.4, 0.5) is 0 Å². The molecule has 0 spiro atoms. The Labute approximate surface area is 134 Å². The van der Waals surface area contributed by atoms with E-state index in [9.17, 15) is 4.79 Å². The van der Waals surface area contributed by atoms with Gasteiger partial charge < -0.3 is 4.74 Å². The average molecular weight is 300 g/mol. The molecule has 1 aromatic rings. The zero-order valence-corrected chi connectivity index (χ0v) is 15.0. The number of allylic oxidation sites excluding steroid dienone is 1.